The molecule has 1 aliphatic carbocycles. The summed E-state index contributed by atoms with van der Waals surface area (Å²) < 4.78 is 0. The highest BCUT2D eigenvalue weighted by Gasteiger charge is 2.39. The Bertz CT molecular complexity index is 508. The van der Waals surface area contributed by atoms with Gasteiger partial charge in [-0.3, -0.25) is 4.79 Å². The fourth-order valence-corrected chi connectivity index (χ4v) is 2.56. The number of aliphatic carboxylic acids is 1. The Balaban J connectivity index is 1.84. The molecule has 94 valence electrons. The standard InChI is InChI=1S/C14H15NO3/c16-13-11-4-2-1-3-10(11)8-15(13)12(14(17)18)7-9-5-6-9/h1-4,9,12H,5-8H2,(H,17,18). The predicted octanol–water partition coefficient (Wildman–Crippen LogP) is 1.90. The molecule has 1 amide bonds. The quantitative estimate of drug-likeness (QED) is 0.881. The van der Waals surface area contributed by atoms with E-state index in [0.717, 1.165) is 18.4 Å². The fourth-order valence-electron chi connectivity index (χ4n) is 2.56. The molecule has 0 saturated heterocycles. The highest BCUT2D eigenvalue weighted by molar-refractivity contribution is 6.00. The third kappa shape index (κ3) is 1.88. The summed E-state index contributed by atoms with van der Waals surface area (Å²) in [7, 11) is 0. The van der Waals surface area contributed by atoms with Crippen LogP contribution in [-0.2, 0) is 11.3 Å². The first-order chi connectivity index (χ1) is 8.66. The molecule has 1 atom stereocenters. The largest absolute Gasteiger partial charge is 0.480 e. The third-order valence-electron chi connectivity index (χ3n) is 3.76. The van der Waals surface area contributed by atoms with E-state index in [0.29, 0.717) is 24.4 Å². The summed E-state index contributed by atoms with van der Waals surface area (Å²) in [5.41, 5.74) is 1.59. The van der Waals surface area contributed by atoms with Crippen LogP contribution in [0.1, 0.15) is 35.2 Å². The minimum Gasteiger partial charge on any atom is -0.480 e. The van der Waals surface area contributed by atoms with Gasteiger partial charge in [-0.05, 0) is 24.0 Å². The van der Waals surface area contributed by atoms with Crippen molar-refractivity contribution in [1.29, 1.82) is 0 Å². The van der Waals surface area contributed by atoms with Crippen LogP contribution in [0.5, 0.6) is 0 Å². The molecule has 0 spiro atoms. The van der Waals surface area contributed by atoms with Crippen molar-refractivity contribution in [2.45, 2.75) is 31.8 Å². The van der Waals surface area contributed by atoms with Gasteiger partial charge < -0.3 is 10.0 Å². The Morgan fingerprint density at radius 2 is 2.11 bits per heavy atom. The van der Waals surface area contributed by atoms with Gasteiger partial charge in [-0.1, -0.05) is 31.0 Å². The molecule has 4 heteroatoms. The summed E-state index contributed by atoms with van der Waals surface area (Å²) >= 11 is 0. The SMILES string of the molecule is O=C(O)C(CC1CC1)N1Cc2ccccc2C1=O. The van der Waals surface area contributed by atoms with Crippen molar-refractivity contribution < 1.29 is 14.7 Å². The highest BCUT2D eigenvalue weighted by Crippen LogP contribution is 2.36. The summed E-state index contributed by atoms with van der Waals surface area (Å²) in [4.78, 5) is 25.1. The molecule has 1 saturated carbocycles. The topological polar surface area (TPSA) is 57.6 Å². The number of carbonyl (C=O) groups excluding carboxylic acids is 1. The number of hydrogen-bond donors (Lipinski definition) is 1. The molecule has 1 aliphatic heterocycles. The molecule has 1 unspecified atom stereocenters. The molecule has 4 nitrogen and oxygen atoms in total. The number of fused-ring (bicyclic) bond motifs is 1. The first-order valence-electron chi connectivity index (χ1n) is 6.28. The monoisotopic (exact) mass is 245 g/mol. The number of amides is 1. The maximum Gasteiger partial charge on any atom is 0.326 e. The van der Waals surface area contributed by atoms with Crippen LogP contribution in [0, 0.1) is 5.92 Å². The van der Waals surface area contributed by atoms with E-state index in [1.54, 1.807) is 6.07 Å². The Kier molecular flexibility index (Phi) is 2.58. The fraction of sp³-hybridized carbons (Fsp3) is 0.429. The van der Waals surface area contributed by atoms with Crippen LogP contribution in [0.4, 0.5) is 0 Å². The van der Waals surface area contributed by atoms with Crippen LogP contribution in [0.25, 0.3) is 0 Å². The van der Waals surface area contributed by atoms with Crippen LogP contribution >= 0.6 is 0 Å². The average molecular weight is 245 g/mol. The van der Waals surface area contributed by atoms with Crippen LogP contribution in [-0.4, -0.2) is 27.9 Å². The molecule has 1 heterocycles. The van der Waals surface area contributed by atoms with Crippen molar-refractivity contribution in [2.24, 2.45) is 5.92 Å². The second-order valence-electron chi connectivity index (χ2n) is 5.12. The Labute approximate surface area is 105 Å². The maximum absolute atomic E-state index is 12.2. The summed E-state index contributed by atoms with van der Waals surface area (Å²) in [6.45, 7) is 0.429. The first-order valence-corrected chi connectivity index (χ1v) is 6.28. The summed E-state index contributed by atoms with van der Waals surface area (Å²) in [5, 5.41) is 9.31. The van der Waals surface area contributed by atoms with E-state index < -0.39 is 12.0 Å². The summed E-state index contributed by atoms with van der Waals surface area (Å²) in [5.74, 6) is -0.538. The number of carbonyl (C=O) groups is 2. The highest BCUT2D eigenvalue weighted by atomic mass is 16.4. The molecular formula is C14H15NO3. The molecule has 0 bridgehead atoms. The smallest absolute Gasteiger partial charge is 0.326 e. The Morgan fingerprint density at radius 1 is 1.39 bits per heavy atom. The van der Waals surface area contributed by atoms with Crippen molar-refractivity contribution in [2.75, 3.05) is 0 Å². The van der Waals surface area contributed by atoms with Gasteiger partial charge in [0.1, 0.15) is 6.04 Å². The van der Waals surface area contributed by atoms with Crippen LogP contribution in [0.2, 0.25) is 0 Å². The van der Waals surface area contributed by atoms with Gasteiger partial charge in [0, 0.05) is 12.1 Å². The summed E-state index contributed by atoms with van der Waals surface area (Å²) in [6, 6.07) is 6.69. The summed E-state index contributed by atoms with van der Waals surface area (Å²) in [6.07, 6.45) is 2.78. The molecular weight excluding hydrogens is 230 g/mol. The van der Waals surface area contributed by atoms with Crippen molar-refractivity contribution >= 4 is 11.9 Å². The lowest BCUT2D eigenvalue weighted by Crippen LogP contribution is -2.41. The molecule has 2 aliphatic rings. The Morgan fingerprint density at radius 3 is 2.72 bits per heavy atom. The van der Waals surface area contributed by atoms with Crippen molar-refractivity contribution in [3.63, 3.8) is 0 Å². The van der Waals surface area contributed by atoms with E-state index >= 15 is 0 Å². The minimum atomic E-state index is -0.886. The predicted molar refractivity (Wildman–Crippen MR) is 65.1 cm³/mol. The molecule has 18 heavy (non-hydrogen) atoms. The third-order valence-corrected chi connectivity index (χ3v) is 3.76. The molecule has 1 aromatic rings. The number of rotatable bonds is 4. The van der Waals surface area contributed by atoms with Gasteiger partial charge >= 0.3 is 5.97 Å². The van der Waals surface area contributed by atoms with Crippen LogP contribution in [0.3, 0.4) is 0 Å². The molecule has 3 rings (SSSR count). The number of nitrogens with zero attached hydrogens (tertiary/aromatic N) is 1. The second kappa shape index (κ2) is 4.12. The van der Waals surface area contributed by atoms with Gasteiger partial charge in [-0.2, -0.15) is 0 Å². The van der Waals surface area contributed by atoms with E-state index in [9.17, 15) is 14.7 Å². The Hall–Kier alpha value is -1.84. The number of carboxylic acid groups (broad SMARTS) is 1. The molecule has 1 aromatic carbocycles. The molecule has 0 aromatic heterocycles. The normalized spacial score (nSPS) is 19.8. The van der Waals surface area contributed by atoms with Gasteiger partial charge in [0.15, 0.2) is 0 Å². The van der Waals surface area contributed by atoms with Crippen molar-refractivity contribution in [3.8, 4) is 0 Å². The molecule has 1 fully saturated rings. The van der Waals surface area contributed by atoms with Gasteiger partial charge in [0.25, 0.3) is 5.91 Å². The maximum atomic E-state index is 12.2. The van der Waals surface area contributed by atoms with Gasteiger partial charge in [0.2, 0.25) is 0 Å². The lowest BCUT2D eigenvalue weighted by molar-refractivity contribution is -0.142. The lowest BCUT2D eigenvalue weighted by Gasteiger charge is -2.24. The van der Waals surface area contributed by atoms with Crippen molar-refractivity contribution in [3.05, 3.63) is 35.4 Å². The zero-order valence-corrected chi connectivity index (χ0v) is 10.0. The number of hydrogen-bond acceptors (Lipinski definition) is 2. The second-order valence-corrected chi connectivity index (χ2v) is 5.12. The average Bonchev–Trinajstić information content (AvgIpc) is 3.12. The van der Waals surface area contributed by atoms with Crippen LogP contribution in [0.15, 0.2) is 24.3 Å². The van der Waals surface area contributed by atoms with Gasteiger partial charge in [0.05, 0.1) is 0 Å². The van der Waals surface area contributed by atoms with E-state index in [4.69, 9.17) is 0 Å². The van der Waals surface area contributed by atoms with E-state index in [1.807, 2.05) is 18.2 Å². The molecule has 1 N–H and O–H groups in total. The van der Waals surface area contributed by atoms with Crippen LogP contribution < -0.4 is 0 Å². The number of carboxylic acids is 1. The van der Waals surface area contributed by atoms with Gasteiger partial charge in [-0.25, -0.2) is 4.79 Å². The zero-order chi connectivity index (χ0) is 12.7. The molecule has 0 radical (unpaired) electrons. The van der Waals surface area contributed by atoms with Gasteiger partial charge in [-0.15, -0.1) is 0 Å². The van der Waals surface area contributed by atoms with E-state index in [-0.39, 0.29) is 5.91 Å². The zero-order valence-electron chi connectivity index (χ0n) is 10.0. The first kappa shape index (κ1) is 11.3. The minimum absolute atomic E-state index is 0.140. The van der Waals surface area contributed by atoms with E-state index in [2.05, 4.69) is 0 Å². The van der Waals surface area contributed by atoms with E-state index in [1.165, 1.54) is 4.90 Å². The number of benzene rings is 1. The van der Waals surface area contributed by atoms with Crippen molar-refractivity contribution in [1.82, 2.24) is 4.90 Å². The lowest BCUT2D eigenvalue weighted by atomic mass is 10.1.